The van der Waals surface area contributed by atoms with Crippen molar-refractivity contribution in [2.24, 2.45) is 30.0 Å². The van der Waals surface area contributed by atoms with Crippen LogP contribution in [0.3, 0.4) is 0 Å². The van der Waals surface area contributed by atoms with E-state index in [1.54, 1.807) is 4.90 Å². The van der Waals surface area contributed by atoms with E-state index in [9.17, 15) is 0 Å². The van der Waals surface area contributed by atoms with Gasteiger partial charge in [0.25, 0.3) is 0 Å². The summed E-state index contributed by atoms with van der Waals surface area (Å²) in [4.78, 5) is 33.0. The van der Waals surface area contributed by atoms with Crippen LogP contribution in [0.4, 0.5) is 0 Å². The van der Waals surface area contributed by atoms with Gasteiger partial charge in [-0.05, 0) is 93.0 Å². The van der Waals surface area contributed by atoms with E-state index in [2.05, 4.69) is 174 Å². The number of amidine groups is 2. The largest absolute Gasteiger partial charge is 0.278 e. The highest BCUT2D eigenvalue weighted by Gasteiger charge is 2.36. The third-order valence-corrected chi connectivity index (χ3v) is 11.4. The van der Waals surface area contributed by atoms with Gasteiger partial charge in [-0.1, -0.05) is 158 Å². The lowest BCUT2D eigenvalue weighted by Crippen LogP contribution is -2.48. The minimum absolute atomic E-state index is 0.382. The first-order valence-corrected chi connectivity index (χ1v) is 20.5. The van der Waals surface area contributed by atoms with Crippen molar-refractivity contribution in [2.45, 2.75) is 0 Å². The molecule has 3 aliphatic rings. The van der Waals surface area contributed by atoms with Gasteiger partial charge in [0.05, 0.1) is 11.0 Å². The third kappa shape index (κ3) is 6.17. The molecule has 8 aromatic carbocycles. The smallest absolute Gasteiger partial charge is 0.244 e. The Hall–Kier alpha value is -8.62. The van der Waals surface area contributed by atoms with E-state index in [0.717, 1.165) is 77.4 Å². The van der Waals surface area contributed by atoms with Gasteiger partial charge < -0.3 is 0 Å². The standard InChI is InChI=1S/C54H34N8/c1-5-17-35(18-6-1)39-29-40(36-19-7-2-8-20-36)32-43(31-39)49-55-51-56-50(44-33-41(37-21-9-3-10-22-37)30-42(34-44)38-23-11-4-12-24-38)58-53-60-54(59-52(57-49)62(51)53)61-47-27-15-13-25-45(47)46-26-14-16-28-48(46)61/h1-34H. The van der Waals surface area contributed by atoms with Crippen molar-refractivity contribution in [1.82, 2.24) is 9.47 Å². The fraction of sp³-hybridized carbons (Fsp3) is 0. The Labute approximate surface area is 357 Å². The zero-order valence-electron chi connectivity index (χ0n) is 33.2. The summed E-state index contributed by atoms with van der Waals surface area (Å²) in [5.41, 5.74) is 12.2. The number of benzene rings is 8. The molecule has 0 aliphatic carbocycles. The Kier molecular flexibility index (Phi) is 8.31. The van der Waals surface area contributed by atoms with E-state index < -0.39 is 0 Å². The number of rotatable bonds is 6. The normalized spacial score (nSPS) is 14.4. The zero-order chi connectivity index (χ0) is 41.0. The molecule has 9 aromatic rings. The number of guanidine groups is 3. The Morgan fingerprint density at radius 3 is 0.952 bits per heavy atom. The van der Waals surface area contributed by atoms with Gasteiger partial charge in [0, 0.05) is 21.9 Å². The number of aromatic nitrogens is 1. The molecule has 1 aromatic heterocycles. The van der Waals surface area contributed by atoms with Crippen molar-refractivity contribution >= 4 is 57.3 Å². The molecular weight excluding hydrogens is 761 g/mol. The fourth-order valence-electron chi connectivity index (χ4n) is 8.47. The van der Waals surface area contributed by atoms with Crippen molar-refractivity contribution in [1.29, 1.82) is 0 Å². The molecule has 12 rings (SSSR count). The number of hydrogen-bond acceptors (Lipinski definition) is 7. The van der Waals surface area contributed by atoms with Crippen molar-refractivity contribution in [3.05, 3.63) is 217 Å². The summed E-state index contributed by atoms with van der Waals surface area (Å²) in [5.74, 6) is 2.57. The van der Waals surface area contributed by atoms with Crippen LogP contribution in [0.2, 0.25) is 0 Å². The molecule has 62 heavy (non-hydrogen) atoms. The lowest BCUT2D eigenvalue weighted by atomic mass is 9.95. The molecule has 3 aliphatic heterocycles. The van der Waals surface area contributed by atoms with E-state index in [4.69, 9.17) is 30.0 Å². The number of aliphatic imine (C=N–C) groups is 6. The van der Waals surface area contributed by atoms with Crippen molar-refractivity contribution in [3.8, 4) is 44.5 Å². The molecule has 0 bridgehead atoms. The molecule has 0 unspecified atom stereocenters. The van der Waals surface area contributed by atoms with Crippen LogP contribution in [-0.2, 0) is 0 Å². The number of hydrogen-bond donors (Lipinski definition) is 0. The second-order valence-corrected chi connectivity index (χ2v) is 15.3. The molecule has 290 valence electrons. The minimum Gasteiger partial charge on any atom is -0.278 e. The summed E-state index contributed by atoms with van der Waals surface area (Å²) in [7, 11) is 0. The average molecular weight is 795 g/mol. The van der Waals surface area contributed by atoms with E-state index in [0.29, 0.717) is 35.5 Å². The first kappa shape index (κ1) is 35.3. The zero-order valence-corrected chi connectivity index (χ0v) is 33.2. The molecule has 0 saturated heterocycles. The molecule has 0 spiro atoms. The van der Waals surface area contributed by atoms with E-state index >= 15 is 0 Å². The van der Waals surface area contributed by atoms with Crippen LogP contribution < -0.4 is 0 Å². The average Bonchev–Trinajstić information content (AvgIpc) is 3.69. The summed E-state index contributed by atoms with van der Waals surface area (Å²) in [5, 5.41) is 2.21. The van der Waals surface area contributed by atoms with Crippen LogP contribution in [0.5, 0.6) is 0 Å². The summed E-state index contributed by atoms with van der Waals surface area (Å²) in [6.45, 7) is 0. The minimum atomic E-state index is 0.382. The van der Waals surface area contributed by atoms with Gasteiger partial charge in [-0.3, -0.25) is 4.57 Å². The molecule has 0 amide bonds. The Balaban J connectivity index is 1.09. The van der Waals surface area contributed by atoms with Crippen LogP contribution in [0.25, 0.3) is 66.3 Å². The third-order valence-electron chi connectivity index (χ3n) is 11.4. The van der Waals surface area contributed by atoms with Crippen LogP contribution in [0, 0.1) is 0 Å². The van der Waals surface area contributed by atoms with Gasteiger partial charge in [0.1, 0.15) is 0 Å². The molecule has 0 N–H and O–H groups in total. The second kappa shape index (κ2) is 14.6. The Morgan fingerprint density at radius 1 is 0.242 bits per heavy atom. The van der Waals surface area contributed by atoms with Crippen LogP contribution >= 0.6 is 0 Å². The van der Waals surface area contributed by atoms with Crippen molar-refractivity contribution in [3.63, 3.8) is 0 Å². The van der Waals surface area contributed by atoms with Crippen molar-refractivity contribution < 1.29 is 0 Å². The van der Waals surface area contributed by atoms with Gasteiger partial charge >= 0.3 is 0 Å². The Morgan fingerprint density at radius 2 is 0.548 bits per heavy atom. The molecule has 0 atom stereocenters. The SMILES string of the molecule is c1ccc(-c2cc(C3=NC4=NC(c5cc(-c6ccccc6)cc(-c6ccccc6)c5)=NC5=NC(n6c7ccccc7c7ccccc76)=NC(=N3)N45)cc(-c3ccccc3)c2)cc1. The highest BCUT2D eigenvalue weighted by atomic mass is 15.5. The molecule has 8 heteroatoms. The molecule has 0 saturated carbocycles. The molecule has 8 nitrogen and oxygen atoms in total. The lowest BCUT2D eigenvalue weighted by Gasteiger charge is -2.30. The quantitative estimate of drug-likeness (QED) is 0.165. The maximum absolute atomic E-state index is 5.22. The van der Waals surface area contributed by atoms with Gasteiger partial charge in [0.15, 0.2) is 11.7 Å². The predicted octanol–water partition coefficient (Wildman–Crippen LogP) is 12.0. The van der Waals surface area contributed by atoms with Gasteiger partial charge in [-0.25, -0.2) is 4.90 Å². The number of nitrogens with zero attached hydrogens (tertiary/aromatic N) is 8. The first-order valence-electron chi connectivity index (χ1n) is 20.5. The summed E-state index contributed by atoms with van der Waals surface area (Å²) >= 11 is 0. The highest BCUT2D eigenvalue weighted by Crippen LogP contribution is 2.34. The first-order chi connectivity index (χ1) is 30.7. The van der Waals surface area contributed by atoms with Gasteiger partial charge in [0.2, 0.25) is 23.8 Å². The Bertz CT molecular complexity index is 3140. The van der Waals surface area contributed by atoms with E-state index in [1.165, 1.54) is 0 Å². The second-order valence-electron chi connectivity index (χ2n) is 15.3. The summed E-state index contributed by atoms with van der Waals surface area (Å²) in [6.07, 6.45) is 0. The van der Waals surface area contributed by atoms with Crippen molar-refractivity contribution in [2.75, 3.05) is 0 Å². The molecule has 0 radical (unpaired) electrons. The number of fused-ring (bicyclic) bond motifs is 3. The van der Waals surface area contributed by atoms with E-state index in [-0.39, 0.29) is 0 Å². The monoisotopic (exact) mass is 794 g/mol. The van der Waals surface area contributed by atoms with E-state index in [1.807, 2.05) is 36.4 Å². The number of para-hydroxylation sites is 2. The maximum Gasteiger partial charge on any atom is 0.244 e. The maximum atomic E-state index is 5.22. The topological polar surface area (TPSA) is 82.3 Å². The molecule has 0 fully saturated rings. The van der Waals surface area contributed by atoms with Crippen LogP contribution in [0.15, 0.2) is 236 Å². The van der Waals surface area contributed by atoms with Gasteiger partial charge in [-0.2, -0.15) is 30.0 Å². The van der Waals surface area contributed by atoms with Gasteiger partial charge in [-0.15, -0.1) is 0 Å². The lowest BCUT2D eigenvalue weighted by molar-refractivity contribution is 0.823. The molecular formula is C54H34N8. The van der Waals surface area contributed by atoms with Crippen LogP contribution in [-0.4, -0.2) is 45.0 Å². The van der Waals surface area contributed by atoms with Crippen LogP contribution in [0.1, 0.15) is 11.1 Å². The molecule has 4 heterocycles. The summed E-state index contributed by atoms with van der Waals surface area (Å²) in [6, 6.07) is 71.2. The predicted molar refractivity (Wildman–Crippen MR) is 254 cm³/mol. The fourth-order valence-corrected chi connectivity index (χ4v) is 8.47. The summed E-state index contributed by atoms with van der Waals surface area (Å²) < 4.78 is 2.09. The highest BCUT2D eigenvalue weighted by molar-refractivity contribution is 6.34.